The quantitative estimate of drug-likeness (QED) is 0.894. The first kappa shape index (κ1) is 15.8. The smallest absolute Gasteiger partial charge is 0.255 e. The maximum Gasteiger partial charge on any atom is 0.255 e. The predicted molar refractivity (Wildman–Crippen MR) is 86.3 cm³/mol. The lowest BCUT2D eigenvalue weighted by Crippen LogP contribution is -2.29. The summed E-state index contributed by atoms with van der Waals surface area (Å²) in [5.74, 6) is 0.339. The number of amides is 1. The zero-order valence-corrected chi connectivity index (χ0v) is 13.2. The average Bonchev–Trinajstić information content (AvgIpc) is 2.45. The number of H-pyrrole nitrogens is 1. The minimum Gasteiger partial charge on any atom is -0.362 e. The summed E-state index contributed by atoms with van der Waals surface area (Å²) in [4.78, 5) is 33.0. The molecule has 2 N–H and O–H groups in total. The third kappa shape index (κ3) is 3.33. The van der Waals surface area contributed by atoms with Gasteiger partial charge in [-0.05, 0) is 37.6 Å². The van der Waals surface area contributed by atoms with Crippen LogP contribution >= 0.6 is 0 Å². The molecule has 0 spiro atoms. The molecule has 0 bridgehead atoms. The molecule has 0 fully saturated rings. The number of pyridine rings is 2. The van der Waals surface area contributed by atoms with Gasteiger partial charge in [-0.25, -0.2) is 4.98 Å². The second-order valence-electron chi connectivity index (χ2n) is 5.39. The second kappa shape index (κ2) is 6.43. The zero-order valence-electron chi connectivity index (χ0n) is 13.2. The summed E-state index contributed by atoms with van der Waals surface area (Å²) in [6.07, 6.45) is 1.64. The summed E-state index contributed by atoms with van der Waals surface area (Å²) in [7, 11) is 3.65. The number of aryl methyl sites for hydroxylation is 2. The third-order valence-electron chi connectivity index (χ3n) is 3.37. The van der Waals surface area contributed by atoms with Gasteiger partial charge in [0.15, 0.2) is 0 Å². The number of carbonyl (C=O) groups is 1. The monoisotopic (exact) mass is 300 g/mol. The molecular formula is C16H20N4O2. The molecule has 2 rings (SSSR count). The molecule has 2 heterocycles. The average molecular weight is 300 g/mol. The van der Waals surface area contributed by atoms with Gasteiger partial charge < -0.3 is 15.2 Å². The molecule has 2 aromatic rings. The van der Waals surface area contributed by atoms with E-state index in [9.17, 15) is 9.59 Å². The van der Waals surface area contributed by atoms with Crippen molar-refractivity contribution in [2.24, 2.45) is 0 Å². The van der Waals surface area contributed by atoms with Crippen LogP contribution < -0.4 is 15.8 Å². The zero-order chi connectivity index (χ0) is 16.3. The molecule has 6 heteroatoms. The fraction of sp³-hybridized carbons (Fsp3) is 0.312. The van der Waals surface area contributed by atoms with Gasteiger partial charge in [-0.2, -0.15) is 0 Å². The van der Waals surface area contributed by atoms with Crippen LogP contribution in [-0.4, -0.2) is 30.0 Å². The maximum atomic E-state index is 12.3. The van der Waals surface area contributed by atoms with Gasteiger partial charge in [0.25, 0.3) is 11.5 Å². The molecule has 0 aliphatic carbocycles. The van der Waals surface area contributed by atoms with Crippen molar-refractivity contribution >= 4 is 11.7 Å². The van der Waals surface area contributed by atoms with Gasteiger partial charge in [-0.15, -0.1) is 0 Å². The van der Waals surface area contributed by atoms with Crippen LogP contribution in [0.25, 0.3) is 0 Å². The Bertz CT molecular complexity index is 750. The van der Waals surface area contributed by atoms with Crippen LogP contribution in [0.4, 0.5) is 5.82 Å². The van der Waals surface area contributed by atoms with Gasteiger partial charge in [0.2, 0.25) is 0 Å². The first-order chi connectivity index (χ1) is 10.4. The van der Waals surface area contributed by atoms with Crippen molar-refractivity contribution in [1.82, 2.24) is 15.3 Å². The van der Waals surface area contributed by atoms with Gasteiger partial charge >= 0.3 is 0 Å². The van der Waals surface area contributed by atoms with E-state index in [2.05, 4.69) is 15.3 Å². The highest BCUT2D eigenvalue weighted by molar-refractivity contribution is 5.98. The molecule has 0 aliphatic rings. The number of nitrogens with zero attached hydrogens (tertiary/aromatic N) is 2. The second-order valence-corrected chi connectivity index (χ2v) is 5.39. The molecule has 0 saturated heterocycles. The van der Waals surface area contributed by atoms with E-state index in [4.69, 9.17) is 0 Å². The summed E-state index contributed by atoms with van der Waals surface area (Å²) in [5.41, 5.74) is 2.54. The van der Waals surface area contributed by atoms with Crippen molar-refractivity contribution in [1.29, 1.82) is 0 Å². The Morgan fingerprint density at radius 2 is 2.09 bits per heavy atom. The molecule has 0 unspecified atom stereocenters. The van der Waals surface area contributed by atoms with Crippen LogP contribution in [0, 0.1) is 13.8 Å². The topological polar surface area (TPSA) is 78.1 Å². The highest BCUT2D eigenvalue weighted by Crippen LogP contribution is 2.14. The first-order valence-electron chi connectivity index (χ1n) is 7.00. The van der Waals surface area contributed by atoms with Crippen LogP contribution in [0.5, 0.6) is 0 Å². The predicted octanol–water partition coefficient (Wildman–Crippen LogP) is 1.38. The van der Waals surface area contributed by atoms with Crippen molar-refractivity contribution in [3.05, 3.63) is 57.1 Å². The lowest BCUT2D eigenvalue weighted by Gasteiger charge is -2.15. The number of carbonyl (C=O) groups excluding carboxylic acids is 1. The Balaban J connectivity index is 2.20. The van der Waals surface area contributed by atoms with Gasteiger partial charge in [-0.1, -0.05) is 0 Å². The highest BCUT2D eigenvalue weighted by atomic mass is 16.2. The molecule has 22 heavy (non-hydrogen) atoms. The molecule has 1 amide bonds. The number of anilines is 1. The number of aromatic nitrogens is 2. The fourth-order valence-corrected chi connectivity index (χ4v) is 2.30. The fourth-order valence-electron chi connectivity index (χ4n) is 2.30. The summed E-state index contributed by atoms with van der Waals surface area (Å²) >= 11 is 0. The molecule has 0 atom stereocenters. The van der Waals surface area contributed by atoms with Gasteiger partial charge in [0.1, 0.15) is 5.82 Å². The Morgan fingerprint density at radius 3 is 2.73 bits per heavy atom. The number of nitrogens with one attached hydrogen (secondary N) is 2. The highest BCUT2D eigenvalue weighted by Gasteiger charge is 2.14. The Labute approximate surface area is 129 Å². The van der Waals surface area contributed by atoms with E-state index in [0.717, 1.165) is 11.3 Å². The van der Waals surface area contributed by atoms with Crippen LogP contribution in [0.1, 0.15) is 27.2 Å². The Morgan fingerprint density at radius 1 is 1.36 bits per heavy atom. The summed E-state index contributed by atoms with van der Waals surface area (Å²) < 4.78 is 0. The van der Waals surface area contributed by atoms with Crippen LogP contribution in [0.15, 0.2) is 29.2 Å². The van der Waals surface area contributed by atoms with Crippen molar-refractivity contribution < 1.29 is 4.79 Å². The normalized spacial score (nSPS) is 10.4. The van der Waals surface area contributed by atoms with E-state index in [0.29, 0.717) is 16.9 Å². The Kier molecular flexibility index (Phi) is 4.60. The lowest BCUT2D eigenvalue weighted by molar-refractivity contribution is 0.0951. The number of hydrogen-bond acceptors (Lipinski definition) is 4. The molecule has 116 valence electrons. The van der Waals surface area contributed by atoms with Crippen LogP contribution in [0.3, 0.4) is 0 Å². The van der Waals surface area contributed by atoms with Gasteiger partial charge in [0, 0.05) is 38.1 Å². The molecule has 0 aromatic carbocycles. The summed E-state index contributed by atoms with van der Waals surface area (Å²) in [6, 6.07) is 5.31. The van der Waals surface area contributed by atoms with Crippen molar-refractivity contribution in [3.8, 4) is 0 Å². The molecule has 6 nitrogen and oxygen atoms in total. The molecule has 0 radical (unpaired) electrons. The molecule has 2 aromatic heterocycles. The van der Waals surface area contributed by atoms with Crippen LogP contribution in [0.2, 0.25) is 0 Å². The third-order valence-corrected chi connectivity index (χ3v) is 3.37. The number of hydrogen-bond donors (Lipinski definition) is 2. The van der Waals surface area contributed by atoms with Gasteiger partial charge in [0.05, 0.1) is 5.56 Å². The number of rotatable bonds is 4. The molecule has 0 aliphatic heterocycles. The molecule has 0 saturated carbocycles. The maximum absolute atomic E-state index is 12.3. The number of aromatic amines is 1. The minimum absolute atomic E-state index is 0.170. The van der Waals surface area contributed by atoms with E-state index < -0.39 is 0 Å². The van der Waals surface area contributed by atoms with Crippen molar-refractivity contribution in [2.45, 2.75) is 20.4 Å². The van der Waals surface area contributed by atoms with E-state index in [-0.39, 0.29) is 18.0 Å². The lowest BCUT2D eigenvalue weighted by atomic mass is 10.1. The van der Waals surface area contributed by atoms with E-state index >= 15 is 0 Å². The van der Waals surface area contributed by atoms with E-state index in [1.54, 1.807) is 23.2 Å². The van der Waals surface area contributed by atoms with Crippen LogP contribution in [-0.2, 0) is 6.54 Å². The van der Waals surface area contributed by atoms with Gasteiger partial charge in [-0.3, -0.25) is 9.59 Å². The largest absolute Gasteiger partial charge is 0.362 e. The van der Waals surface area contributed by atoms with E-state index in [1.807, 2.05) is 34.0 Å². The SMILES string of the molecule is Cc1cc(C)c(CNC(=O)c2cccnc2N(C)C)c(=O)[nH]1. The minimum atomic E-state index is -0.254. The van der Waals surface area contributed by atoms with E-state index in [1.165, 1.54) is 0 Å². The Hall–Kier alpha value is -2.63. The molecular weight excluding hydrogens is 280 g/mol. The summed E-state index contributed by atoms with van der Waals surface area (Å²) in [6.45, 7) is 3.87. The summed E-state index contributed by atoms with van der Waals surface area (Å²) in [5, 5.41) is 2.79. The van der Waals surface area contributed by atoms with Crippen molar-refractivity contribution in [3.63, 3.8) is 0 Å². The van der Waals surface area contributed by atoms with Crippen molar-refractivity contribution in [2.75, 3.05) is 19.0 Å². The standard InChI is InChI=1S/C16H20N4O2/c1-10-8-11(2)19-16(22)13(10)9-18-15(21)12-6-5-7-17-14(12)20(3)4/h5-8H,9H2,1-4H3,(H,18,21)(H,19,22). The first-order valence-corrected chi connectivity index (χ1v) is 7.00.